The van der Waals surface area contributed by atoms with E-state index in [1.807, 2.05) is 30.3 Å². The summed E-state index contributed by atoms with van der Waals surface area (Å²) in [7, 11) is 1.70. The van der Waals surface area contributed by atoms with Crippen LogP contribution in [-0.2, 0) is 6.54 Å². The smallest absolute Gasteiger partial charge is 0.323 e. The van der Waals surface area contributed by atoms with Crippen molar-refractivity contribution in [1.82, 2.24) is 19.9 Å². The van der Waals surface area contributed by atoms with E-state index in [2.05, 4.69) is 32.9 Å². The fraction of sp³-hybridized carbons (Fsp3) is 0.133. The number of carbonyl (C=O) groups excluding carboxylic acids is 1. The average Bonchev–Trinajstić information content (AvgIpc) is 3.17. The molecule has 6 nitrogen and oxygen atoms in total. The Kier molecular flexibility index (Phi) is 4.63. The molecule has 8 heteroatoms. The average molecular weight is 345 g/mol. The molecule has 1 aromatic carbocycles. The Morgan fingerprint density at radius 2 is 2.09 bits per heavy atom. The minimum atomic E-state index is -0.245. The molecule has 0 spiro atoms. The van der Waals surface area contributed by atoms with E-state index in [4.69, 9.17) is 0 Å². The molecular formula is C15H15N5OS2. The Hall–Kier alpha value is -2.32. The second kappa shape index (κ2) is 6.84. The molecule has 2 heterocycles. The highest BCUT2D eigenvalue weighted by atomic mass is 32.2. The summed E-state index contributed by atoms with van der Waals surface area (Å²) >= 11 is 5.49. The fourth-order valence-corrected chi connectivity index (χ4v) is 2.88. The quantitative estimate of drug-likeness (QED) is 0.634. The number of H-pyrrole nitrogens is 1. The van der Waals surface area contributed by atoms with E-state index >= 15 is 0 Å². The van der Waals surface area contributed by atoms with Crippen molar-refractivity contribution in [3.05, 3.63) is 48.5 Å². The van der Waals surface area contributed by atoms with E-state index in [1.54, 1.807) is 19.4 Å². The molecule has 2 aromatic heterocycles. The van der Waals surface area contributed by atoms with Gasteiger partial charge < -0.3 is 9.88 Å². The number of amides is 2. The first-order valence-corrected chi connectivity index (χ1v) is 8.14. The van der Waals surface area contributed by atoms with Crippen LogP contribution in [0.1, 0.15) is 5.82 Å². The number of benzene rings is 1. The molecule has 0 aliphatic heterocycles. The number of hydrogen-bond donors (Lipinski definition) is 3. The lowest BCUT2D eigenvalue weighted by Gasteiger charge is -2.15. The lowest BCUT2D eigenvalue weighted by atomic mass is 10.2. The lowest BCUT2D eigenvalue weighted by molar-refractivity contribution is 0.219. The van der Waals surface area contributed by atoms with Crippen LogP contribution in [0.2, 0.25) is 0 Å². The third kappa shape index (κ3) is 3.91. The standard InChI is InChI=1S/C15H15N5OS2/c1-20(15(21)19-14-17-8-13(22)23-14)9-12-16-7-11(18-12)10-5-3-2-4-6-10/h2-8,22H,9H2,1H3,(H,16,18)(H,17,19,21). The highest BCUT2D eigenvalue weighted by Crippen LogP contribution is 2.21. The molecule has 0 saturated heterocycles. The maximum absolute atomic E-state index is 12.1. The van der Waals surface area contributed by atoms with Gasteiger partial charge in [-0.2, -0.15) is 0 Å². The van der Waals surface area contributed by atoms with Crippen LogP contribution < -0.4 is 5.32 Å². The summed E-state index contributed by atoms with van der Waals surface area (Å²) in [4.78, 5) is 25.3. The Balaban J connectivity index is 1.62. The number of thiazole rings is 1. The van der Waals surface area contributed by atoms with Gasteiger partial charge in [-0.15, -0.1) is 12.6 Å². The molecule has 0 atom stereocenters. The topological polar surface area (TPSA) is 73.9 Å². The molecule has 0 fully saturated rings. The summed E-state index contributed by atoms with van der Waals surface area (Å²) in [6, 6.07) is 9.67. The molecule has 2 N–H and O–H groups in total. The number of thiol groups is 1. The number of imidazole rings is 1. The van der Waals surface area contributed by atoms with Gasteiger partial charge in [-0.1, -0.05) is 41.7 Å². The van der Waals surface area contributed by atoms with Crippen molar-refractivity contribution in [2.24, 2.45) is 0 Å². The molecule has 3 aromatic rings. The predicted octanol–water partition coefficient (Wildman–Crippen LogP) is 3.49. The van der Waals surface area contributed by atoms with Crippen molar-refractivity contribution < 1.29 is 4.79 Å². The van der Waals surface area contributed by atoms with E-state index in [0.29, 0.717) is 11.7 Å². The van der Waals surface area contributed by atoms with Gasteiger partial charge in [0, 0.05) is 7.05 Å². The van der Waals surface area contributed by atoms with Gasteiger partial charge in [-0.05, 0) is 5.56 Å². The van der Waals surface area contributed by atoms with Crippen LogP contribution in [-0.4, -0.2) is 32.9 Å². The molecule has 0 bridgehead atoms. The number of carbonyl (C=O) groups is 1. The Bertz CT molecular complexity index is 799. The van der Waals surface area contributed by atoms with Crippen LogP contribution in [0.5, 0.6) is 0 Å². The number of nitrogens with one attached hydrogen (secondary N) is 2. The van der Waals surface area contributed by atoms with Crippen LogP contribution in [0.4, 0.5) is 9.93 Å². The maximum Gasteiger partial charge on any atom is 0.323 e. The number of aromatic amines is 1. The molecule has 3 rings (SSSR count). The molecule has 23 heavy (non-hydrogen) atoms. The summed E-state index contributed by atoms with van der Waals surface area (Å²) in [5, 5.41) is 3.25. The summed E-state index contributed by atoms with van der Waals surface area (Å²) < 4.78 is 0.751. The molecule has 0 aliphatic carbocycles. The molecule has 0 saturated carbocycles. The lowest BCUT2D eigenvalue weighted by Crippen LogP contribution is -2.31. The zero-order valence-electron chi connectivity index (χ0n) is 12.4. The summed E-state index contributed by atoms with van der Waals surface area (Å²) in [5.41, 5.74) is 1.98. The number of urea groups is 1. The van der Waals surface area contributed by atoms with Gasteiger partial charge >= 0.3 is 6.03 Å². The first-order chi connectivity index (χ1) is 11.1. The first-order valence-electron chi connectivity index (χ1n) is 6.88. The highest BCUT2D eigenvalue weighted by molar-refractivity contribution is 7.83. The maximum atomic E-state index is 12.1. The molecule has 2 amide bonds. The molecule has 0 aliphatic rings. The number of nitrogens with zero attached hydrogens (tertiary/aromatic N) is 3. The van der Waals surface area contributed by atoms with Crippen molar-refractivity contribution in [3.63, 3.8) is 0 Å². The monoisotopic (exact) mass is 345 g/mol. The zero-order valence-corrected chi connectivity index (χ0v) is 14.1. The Morgan fingerprint density at radius 1 is 1.30 bits per heavy atom. The van der Waals surface area contributed by atoms with Gasteiger partial charge in [0.05, 0.1) is 28.8 Å². The minimum absolute atomic E-state index is 0.245. The summed E-state index contributed by atoms with van der Waals surface area (Å²) in [5.74, 6) is 0.718. The van der Waals surface area contributed by atoms with Gasteiger partial charge in [0.1, 0.15) is 5.82 Å². The van der Waals surface area contributed by atoms with E-state index in [1.165, 1.54) is 16.2 Å². The summed E-state index contributed by atoms with van der Waals surface area (Å²) in [6.45, 7) is 0.373. The third-order valence-corrected chi connectivity index (χ3v) is 4.26. The molecule has 0 radical (unpaired) electrons. The van der Waals surface area contributed by atoms with E-state index in [0.717, 1.165) is 21.3 Å². The number of aromatic nitrogens is 3. The second-order valence-electron chi connectivity index (χ2n) is 4.90. The van der Waals surface area contributed by atoms with Gasteiger partial charge in [0.15, 0.2) is 5.13 Å². The van der Waals surface area contributed by atoms with Crippen molar-refractivity contribution in [3.8, 4) is 11.3 Å². The van der Waals surface area contributed by atoms with Crippen molar-refractivity contribution >= 4 is 35.1 Å². The number of hydrogen-bond acceptors (Lipinski definition) is 5. The zero-order chi connectivity index (χ0) is 16.2. The van der Waals surface area contributed by atoms with E-state index in [9.17, 15) is 4.79 Å². The summed E-state index contributed by atoms with van der Waals surface area (Å²) in [6.07, 6.45) is 3.37. The SMILES string of the molecule is CN(Cc1ncc(-c2ccccc2)[nH]1)C(=O)Nc1ncc(S)s1. The largest absolute Gasteiger partial charge is 0.341 e. The van der Waals surface area contributed by atoms with Gasteiger partial charge in [-0.3, -0.25) is 5.32 Å². The van der Waals surface area contributed by atoms with Gasteiger partial charge in [0.25, 0.3) is 0 Å². The molecule has 0 unspecified atom stereocenters. The van der Waals surface area contributed by atoms with Gasteiger partial charge in [0.2, 0.25) is 0 Å². The van der Waals surface area contributed by atoms with Crippen LogP contribution in [0.15, 0.2) is 46.9 Å². The van der Waals surface area contributed by atoms with Crippen LogP contribution in [0.3, 0.4) is 0 Å². The van der Waals surface area contributed by atoms with Crippen LogP contribution in [0.25, 0.3) is 11.3 Å². The van der Waals surface area contributed by atoms with Crippen molar-refractivity contribution in [1.29, 1.82) is 0 Å². The number of anilines is 1. The predicted molar refractivity (Wildman–Crippen MR) is 93.9 cm³/mol. The minimum Gasteiger partial charge on any atom is -0.341 e. The van der Waals surface area contributed by atoms with Crippen molar-refractivity contribution in [2.45, 2.75) is 10.8 Å². The highest BCUT2D eigenvalue weighted by Gasteiger charge is 2.13. The van der Waals surface area contributed by atoms with E-state index < -0.39 is 0 Å². The van der Waals surface area contributed by atoms with Crippen LogP contribution >= 0.6 is 24.0 Å². The van der Waals surface area contributed by atoms with Crippen LogP contribution in [0, 0.1) is 0 Å². The third-order valence-electron chi connectivity index (χ3n) is 3.15. The number of rotatable bonds is 4. The molecular weight excluding hydrogens is 330 g/mol. The first kappa shape index (κ1) is 15.6. The fourth-order valence-electron chi connectivity index (χ4n) is 2.01. The molecule has 118 valence electrons. The Morgan fingerprint density at radius 3 is 2.78 bits per heavy atom. The van der Waals surface area contributed by atoms with E-state index in [-0.39, 0.29) is 6.03 Å². The normalized spacial score (nSPS) is 10.5. The van der Waals surface area contributed by atoms with Crippen molar-refractivity contribution in [2.75, 3.05) is 12.4 Å². The van der Waals surface area contributed by atoms with Gasteiger partial charge in [-0.25, -0.2) is 14.8 Å². The Labute approximate surface area is 143 Å². The second-order valence-corrected chi connectivity index (χ2v) is 6.71.